The van der Waals surface area contributed by atoms with Gasteiger partial charge in [-0.15, -0.1) is 0 Å². The Morgan fingerprint density at radius 3 is 2.12 bits per heavy atom. The van der Waals surface area contributed by atoms with Crippen molar-refractivity contribution in [3.63, 3.8) is 0 Å². The van der Waals surface area contributed by atoms with Crippen LogP contribution in [0.2, 0.25) is 0 Å². The highest BCUT2D eigenvalue weighted by Gasteiger charge is 2.13. The lowest BCUT2D eigenvalue weighted by Crippen LogP contribution is -2.07. The summed E-state index contributed by atoms with van der Waals surface area (Å²) in [5.41, 5.74) is 0.720. The maximum absolute atomic E-state index is 11.3. The predicted molar refractivity (Wildman–Crippen MR) is 90.2 cm³/mol. The quantitative estimate of drug-likeness (QED) is 0.381. The molecule has 0 bridgehead atoms. The van der Waals surface area contributed by atoms with Gasteiger partial charge in [0.1, 0.15) is 11.3 Å². The van der Waals surface area contributed by atoms with Gasteiger partial charge in [-0.05, 0) is 42.5 Å². The Morgan fingerprint density at radius 1 is 1.04 bits per heavy atom. The van der Waals surface area contributed by atoms with Crippen molar-refractivity contribution in [2.24, 2.45) is 0 Å². The van der Waals surface area contributed by atoms with E-state index in [9.17, 15) is 23.1 Å². The number of ether oxygens (including phenoxy) is 1. The summed E-state index contributed by atoms with van der Waals surface area (Å²) < 4.78 is 27.2. The number of benzene rings is 2. The molecule has 0 atom stereocenters. The van der Waals surface area contributed by atoms with Crippen molar-refractivity contribution in [1.29, 1.82) is 0 Å². The Labute approximate surface area is 148 Å². The van der Waals surface area contributed by atoms with Gasteiger partial charge in [-0.2, -0.15) is 0 Å². The van der Waals surface area contributed by atoms with Crippen molar-refractivity contribution < 1.29 is 27.9 Å². The van der Waals surface area contributed by atoms with E-state index >= 15 is 0 Å². The van der Waals surface area contributed by atoms with Crippen LogP contribution in [0.5, 0.6) is 5.75 Å². The molecule has 0 saturated heterocycles. The van der Waals surface area contributed by atoms with Crippen LogP contribution >= 0.6 is 10.7 Å². The Kier molecular flexibility index (Phi) is 5.47. The van der Waals surface area contributed by atoms with Gasteiger partial charge in [0.25, 0.3) is 9.05 Å². The molecule has 2 aromatic rings. The number of carboxylic acid groups (broad SMARTS) is 1. The minimum Gasteiger partial charge on any atom is -0.478 e. The maximum atomic E-state index is 11.3. The van der Waals surface area contributed by atoms with Crippen LogP contribution in [-0.4, -0.2) is 25.5 Å². The summed E-state index contributed by atoms with van der Waals surface area (Å²) in [7, 11) is 1.43. The highest BCUT2D eigenvalue weighted by Crippen LogP contribution is 2.20. The van der Waals surface area contributed by atoms with E-state index in [1.54, 1.807) is 0 Å². The van der Waals surface area contributed by atoms with Crippen molar-refractivity contribution in [3.8, 4) is 17.6 Å². The number of carbonyl (C=O) groups is 2. The highest BCUT2D eigenvalue weighted by atomic mass is 35.7. The normalized spacial score (nSPS) is 10.5. The Hall–Kier alpha value is -2.82. The fraction of sp³-hybridized carbons (Fsp3) is 0.0588. The summed E-state index contributed by atoms with van der Waals surface area (Å²) in [5, 5.41) is 9.19. The maximum Gasteiger partial charge on any atom is 0.339 e. The molecule has 8 heteroatoms. The molecule has 0 aliphatic carbocycles. The summed E-state index contributed by atoms with van der Waals surface area (Å²) >= 11 is 0. The van der Waals surface area contributed by atoms with E-state index in [2.05, 4.69) is 11.8 Å². The average molecular weight is 379 g/mol. The topological polar surface area (TPSA) is 97.7 Å². The monoisotopic (exact) mass is 378 g/mol. The summed E-state index contributed by atoms with van der Waals surface area (Å²) in [5.74, 6) is 3.59. The van der Waals surface area contributed by atoms with Gasteiger partial charge in [-0.3, -0.25) is 4.79 Å². The molecule has 2 aromatic carbocycles. The zero-order valence-corrected chi connectivity index (χ0v) is 14.4. The third-order valence-corrected chi connectivity index (χ3v) is 4.32. The van der Waals surface area contributed by atoms with E-state index in [1.165, 1.54) is 49.4 Å². The van der Waals surface area contributed by atoms with Gasteiger partial charge in [-0.1, -0.05) is 11.8 Å². The summed E-state index contributed by atoms with van der Waals surface area (Å²) in [6.45, 7) is 1.17. The van der Waals surface area contributed by atoms with Gasteiger partial charge >= 0.3 is 11.9 Å². The minimum absolute atomic E-state index is 0.0429. The number of aromatic carboxylic acids is 1. The van der Waals surface area contributed by atoms with Crippen LogP contribution in [0.15, 0.2) is 47.4 Å². The molecule has 1 N–H and O–H groups in total. The van der Waals surface area contributed by atoms with E-state index in [-0.39, 0.29) is 16.2 Å². The van der Waals surface area contributed by atoms with Gasteiger partial charge in [0.2, 0.25) is 0 Å². The van der Waals surface area contributed by atoms with Crippen LogP contribution < -0.4 is 4.74 Å². The molecule has 0 fully saturated rings. The van der Waals surface area contributed by atoms with Crippen LogP contribution in [0, 0.1) is 11.8 Å². The largest absolute Gasteiger partial charge is 0.478 e. The SMILES string of the molecule is CC(=O)Oc1ccc(C#Cc2ccc(S(=O)(=O)Cl)cc2)cc1C(=O)O. The number of carboxylic acids is 1. The second-order valence-corrected chi connectivity index (χ2v) is 7.39. The number of rotatable bonds is 3. The summed E-state index contributed by atoms with van der Waals surface area (Å²) in [6.07, 6.45) is 0. The van der Waals surface area contributed by atoms with E-state index in [0.29, 0.717) is 11.1 Å². The first-order valence-electron chi connectivity index (χ1n) is 6.79. The first kappa shape index (κ1) is 18.5. The van der Waals surface area contributed by atoms with Crippen LogP contribution in [0.4, 0.5) is 0 Å². The minimum atomic E-state index is -3.80. The van der Waals surface area contributed by atoms with E-state index < -0.39 is 21.0 Å². The Bertz CT molecular complexity index is 998. The standard InChI is InChI=1S/C17H11ClO6S/c1-11(19)24-16-9-6-13(10-15(16)17(20)21)3-2-12-4-7-14(8-5-12)25(18,22)23/h4-10H,1H3,(H,20,21). The third-order valence-electron chi connectivity index (χ3n) is 2.95. The lowest BCUT2D eigenvalue weighted by molar-refractivity contribution is -0.131. The van der Waals surface area contributed by atoms with E-state index in [4.69, 9.17) is 15.4 Å². The molecule has 0 radical (unpaired) electrons. The number of halogens is 1. The van der Waals surface area contributed by atoms with Crippen molar-refractivity contribution in [2.45, 2.75) is 11.8 Å². The smallest absolute Gasteiger partial charge is 0.339 e. The molecular weight excluding hydrogens is 368 g/mol. The molecule has 0 aliphatic rings. The molecule has 25 heavy (non-hydrogen) atoms. The molecule has 0 saturated carbocycles. The van der Waals surface area contributed by atoms with Gasteiger partial charge in [-0.25, -0.2) is 13.2 Å². The molecule has 2 rings (SSSR count). The highest BCUT2D eigenvalue weighted by molar-refractivity contribution is 8.13. The predicted octanol–water partition coefficient (Wildman–Crippen LogP) is 2.64. The van der Waals surface area contributed by atoms with Crippen molar-refractivity contribution in [1.82, 2.24) is 0 Å². The molecule has 128 valence electrons. The number of hydrogen-bond acceptors (Lipinski definition) is 5. The van der Waals surface area contributed by atoms with Crippen molar-refractivity contribution in [2.75, 3.05) is 0 Å². The molecular formula is C17H11ClO6S. The number of esters is 1. The number of carbonyl (C=O) groups excluding carboxylic acids is 1. The molecule has 0 aliphatic heterocycles. The fourth-order valence-electron chi connectivity index (χ4n) is 1.86. The zero-order valence-electron chi connectivity index (χ0n) is 12.8. The number of hydrogen-bond donors (Lipinski definition) is 1. The third kappa shape index (κ3) is 5.08. The second kappa shape index (κ2) is 7.38. The lowest BCUT2D eigenvalue weighted by Gasteiger charge is -2.05. The van der Waals surface area contributed by atoms with Crippen molar-refractivity contribution >= 4 is 31.7 Å². The Morgan fingerprint density at radius 2 is 1.60 bits per heavy atom. The first-order chi connectivity index (χ1) is 11.7. The molecule has 0 heterocycles. The average Bonchev–Trinajstić information content (AvgIpc) is 2.52. The van der Waals surface area contributed by atoms with Gasteiger partial charge in [0, 0.05) is 28.7 Å². The summed E-state index contributed by atoms with van der Waals surface area (Å²) in [4.78, 5) is 22.2. The van der Waals surface area contributed by atoms with Crippen LogP contribution in [0.25, 0.3) is 0 Å². The second-order valence-electron chi connectivity index (χ2n) is 4.82. The Balaban J connectivity index is 2.32. The molecule has 0 aromatic heterocycles. The van der Waals surface area contributed by atoms with E-state index in [0.717, 1.165) is 0 Å². The van der Waals surface area contributed by atoms with E-state index in [1.807, 2.05) is 0 Å². The van der Waals surface area contributed by atoms with Crippen molar-refractivity contribution in [3.05, 3.63) is 59.2 Å². The summed E-state index contributed by atoms with van der Waals surface area (Å²) in [6, 6.07) is 9.73. The van der Waals surface area contributed by atoms with Crippen LogP contribution in [-0.2, 0) is 13.8 Å². The van der Waals surface area contributed by atoms with Gasteiger partial charge in [0.05, 0.1) is 4.90 Å². The molecule has 0 spiro atoms. The molecule has 6 nitrogen and oxygen atoms in total. The molecule has 0 unspecified atom stereocenters. The van der Waals surface area contributed by atoms with Gasteiger partial charge in [0.15, 0.2) is 0 Å². The van der Waals surface area contributed by atoms with Crippen LogP contribution in [0.3, 0.4) is 0 Å². The first-order valence-corrected chi connectivity index (χ1v) is 9.10. The van der Waals surface area contributed by atoms with Crippen LogP contribution in [0.1, 0.15) is 28.4 Å². The van der Waals surface area contributed by atoms with Gasteiger partial charge < -0.3 is 9.84 Å². The molecule has 0 amide bonds. The lowest BCUT2D eigenvalue weighted by atomic mass is 10.1. The fourth-order valence-corrected chi connectivity index (χ4v) is 2.63. The zero-order chi connectivity index (χ0) is 18.6.